The normalized spacial score (nSPS) is 10.8. The highest BCUT2D eigenvalue weighted by Crippen LogP contribution is 2.27. The van der Waals surface area contributed by atoms with Crippen LogP contribution in [0, 0.1) is 6.92 Å². The van der Waals surface area contributed by atoms with Crippen LogP contribution in [0.15, 0.2) is 41.5 Å². The molecule has 152 valence electrons. The lowest BCUT2D eigenvalue weighted by atomic mass is 10.1. The van der Waals surface area contributed by atoms with Crippen LogP contribution in [-0.2, 0) is 22.5 Å². The lowest BCUT2D eigenvalue weighted by Crippen LogP contribution is -2.33. The Labute approximate surface area is 172 Å². The molecule has 0 saturated carbocycles. The molecule has 1 aromatic carbocycles. The van der Waals surface area contributed by atoms with Crippen LogP contribution in [-0.4, -0.2) is 34.6 Å². The molecular weight excluding hydrogens is 390 g/mol. The van der Waals surface area contributed by atoms with E-state index in [-0.39, 0.29) is 24.6 Å². The molecule has 0 saturated heterocycles. The number of amides is 1. The fraction of sp³-hybridized carbons (Fsp3) is 0.333. The summed E-state index contributed by atoms with van der Waals surface area (Å²) in [5.74, 6) is -0.713. The van der Waals surface area contributed by atoms with Gasteiger partial charge in [0.05, 0.1) is 18.3 Å². The number of fused-ring (bicyclic) bond motifs is 1. The third-order valence-corrected chi connectivity index (χ3v) is 5.68. The van der Waals surface area contributed by atoms with E-state index in [1.54, 1.807) is 13.8 Å². The van der Waals surface area contributed by atoms with Gasteiger partial charge in [-0.1, -0.05) is 30.3 Å². The van der Waals surface area contributed by atoms with Crippen LogP contribution in [0.5, 0.6) is 0 Å². The largest absolute Gasteiger partial charge is 0.462 e. The van der Waals surface area contributed by atoms with Gasteiger partial charge in [-0.25, -0.2) is 9.78 Å². The molecule has 0 aliphatic rings. The average molecular weight is 413 g/mol. The number of nitrogens with one attached hydrogen (secondary N) is 1. The molecule has 0 aliphatic heterocycles. The molecule has 0 fully saturated rings. The van der Waals surface area contributed by atoms with E-state index in [4.69, 9.17) is 4.74 Å². The van der Waals surface area contributed by atoms with Gasteiger partial charge in [-0.2, -0.15) is 0 Å². The first-order valence-corrected chi connectivity index (χ1v) is 10.3. The molecule has 0 bridgehead atoms. The van der Waals surface area contributed by atoms with E-state index in [0.717, 1.165) is 24.2 Å². The Morgan fingerprint density at radius 2 is 2.00 bits per heavy atom. The van der Waals surface area contributed by atoms with Crippen molar-refractivity contribution < 1.29 is 14.3 Å². The number of benzene rings is 1. The van der Waals surface area contributed by atoms with Crippen molar-refractivity contribution in [3.8, 4) is 0 Å². The van der Waals surface area contributed by atoms with Crippen LogP contribution in [0.4, 0.5) is 0 Å². The molecule has 0 radical (unpaired) electrons. The van der Waals surface area contributed by atoms with Crippen molar-refractivity contribution >= 4 is 33.4 Å². The highest BCUT2D eigenvalue weighted by atomic mass is 32.1. The maximum Gasteiger partial charge on any atom is 0.348 e. The number of carbonyl (C=O) groups is 2. The molecule has 0 unspecified atom stereocenters. The van der Waals surface area contributed by atoms with Crippen molar-refractivity contribution in [1.82, 2.24) is 14.9 Å². The van der Waals surface area contributed by atoms with Crippen LogP contribution >= 0.6 is 11.3 Å². The van der Waals surface area contributed by atoms with Gasteiger partial charge in [0, 0.05) is 6.54 Å². The Balaban J connectivity index is 1.64. The molecule has 29 heavy (non-hydrogen) atoms. The molecule has 0 atom stereocenters. The van der Waals surface area contributed by atoms with Gasteiger partial charge < -0.3 is 10.1 Å². The number of esters is 1. The first kappa shape index (κ1) is 20.7. The van der Waals surface area contributed by atoms with E-state index in [1.165, 1.54) is 16.5 Å². The van der Waals surface area contributed by atoms with Gasteiger partial charge in [0.1, 0.15) is 16.3 Å². The van der Waals surface area contributed by atoms with Crippen molar-refractivity contribution in [2.75, 3.05) is 13.2 Å². The van der Waals surface area contributed by atoms with Gasteiger partial charge in [0.25, 0.3) is 5.56 Å². The second-order valence-electron chi connectivity index (χ2n) is 6.57. The topological polar surface area (TPSA) is 90.3 Å². The lowest BCUT2D eigenvalue weighted by molar-refractivity contribution is -0.121. The highest BCUT2D eigenvalue weighted by molar-refractivity contribution is 7.20. The molecule has 8 heteroatoms. The molecule has 0 aliphatic carbocycles. The third-order valence-electron chi connectivity index (χ3n) is 4.50. The smallest absolute Gasteiger partial charge is 0.348 e. The van der Waals surface area contributed by atoms with Crippen molar-refractivity contribution in [3.63, 3.8) is 0 Å². The molecule has 1 amide bonds. The molecule has 3 rings (SSSR count). The van der Waals surface area contributed by atoms with Gasteiger partial charge in [-0.3, -0.25) is 14.2 Å². The summed E-state index contributed by atoms with van der Waals surface area (Å²) in [7, 11) is 0. The van der Waals surface area contributed by atoms with E-state index < -0.39 is 5.97 Å². The van der Waals surface area contributed by atoms with E-state index in [1.807, 2.05) is 18.2 Å². The third kappa shape index (κ3) is 4.89. The van der Waals surface area contributed by atoms with Gasteiger partial charge in [-0.05, 0) is 37.8 Å². The molecule has 1 N–H and O–H groups in total. The minimum Gasteiger partial charge on any atom is -0.462 e. The van der Waals surface area contributed by atoms with Gasteiger partial charge >= 0.3 is 5.97 Å². The summed E-state index contributed by atoms with van der Waals surface area (Å²) in [5.41, 5.74) is 1.43. The van der Waals surface area contributed by atoms with Gasteiger partial charge in [-0.15, -0.1) is 11.3 Å². The SMILES string of the molecule is CCOC(=O)c1sc2ncn(CC(=O)NCCCc3ccccc3)c(=O)c2c1C. The monoisotopic (exact) mass is 413 g/mol. The van der Waals surface area contributed by atoms with Crippen molar-refractivity contribution in [2.24, 2.45) is 0 Å². The molecule has 2 aromatic heterocycles. The lowest BCUT2D eigenvalue weighted by Gasteiger charge is -2.07. The fourth-order valence-electron chi connectivity index (χ4n) is 3.04. The zero-order valence-corrected chi connectivity index (χ0v) is 17.3. The summed E-state index contributed by atoms with van der Waals surface area (Å²) in [6.45, 7) is 4.10. The predicted molar refractivity (Wildman–Crippen MR) is 112 cm³/mol. The summed E-state index contributed by atoms with van der Waals surface area (Å²) < 4.78 is 6.30. The van der Waals surface area contributed by atoms with E-state index in [2.05, 4.69) is 22.4 Å². The Bertz CT molecular complexity index is 1070. The van der Waals surface area contributed by atoms with Crippen LogP contribution in [0.2, 0.25) is 0 Å². The zero-order chi connectivity index (χ0) is 20.8. The molecule has 2 heterocycles. The Kier molecular flexibility index (Phi) is 6.77. The standard InChI is InChI=1S/C21H23N3O4S/c1-3-28-21(27)18-14(2)17-19(29-18)23-13-24(20(17)26)12-16(25)22-11-7-10-15-8-5-4-6-9-15/h4-6,8-9,13H,3,7,10-12H2,1-2H3,(H,22,25). The molecule has 7 nitrogen and oxygen atoms in total. The summed E-state index contributed by atoms with van der Waals surface area (Å²) in [4.78, 5) is 42.1. The number of rotatable bonds is 8. The van der Waals surface area contributed by atoms with E-state index in [9.17, 15) is 14.4 Å². The molecular formula is C21H23N3O4S. The summed E-state index contributed by atoms with van der Waals surface area (Å²) >= 11 is 1.13. The maximum atomic E-state index is 12.8. The number of hydrogen-bond acceptors (Lipinski definition) is 6. The number of nitrogens with zero attached hydrogens (tertiary/aromatic N) is 2. The number of carbonyl (C=O) groups excluding carboxylic acids is 2. The first-order valence-electron chi connectivity index (χ1n) is 9.47. The van der Waals surface area contributed by atoms with Crippen LogP contribution in [0.3, 0.4) is 0 Å². The van der Waals surface area contributed by atoms with Gasteiger partial charge in [0.15, 0.2) is 0 Å². The van der Waals surface area contributed by atoms with Crippen molar-refractivity contribution in [1.29, 1.82) is 0 Å². The van der Waals surface area contributed by atoms with E-state index in [0.29, 0.717) is 27.2 Å². The zero-order valence-electron chi connectivity index (χ0n) is 16.4. The second kappa shape index (κ2) is 9.47. The van der Waals surface area contributed by atoms with Crippen LogP contribution < -0.4 is 10.9 Å². The maximum absolute atomic E-state index is 12.8. The first-order chi connectivity index (χ1) is 14.0. The quantitative estimate of drug-likeness (QED) is 0.453. The van der Waals surface area contributed by atoms with Crippen LogP contribution in [0.25, 0.3) is 10.2 Å². The highest BCUT2D eigenvalue weighted by Gasteiger charge is 2.20. The van der Waals surface area contributed by atoms with Gasteiger partial charge in [0.2, 0.25) is 5.91 Å². The summed E-state index contributed by atoms with van der Waals surface area (Å²) in [5, 5.41) is 3.19. The number of aromatic nitrogens is 2. The van der Waals surface area contributed by atoms with Crippen LogP contribution in [0.1, 0.15) is 34.1 Å². The number of hydrogen-bond donors (Lipinski definition) is 1. The Morgan fingerprint density at radius 1 is 1.24 bits per heavy atom. The van der Waals surface area contributed by atoms with E-state index >= 15 is 0 Å². The Hall–Kier alpha value is -3.00. The number of aryl methyl sites for hydroxylation is 2. The summed E-state index contributed by atoms with van der Waals surface area (Å²) in [6, 6.07) is 10.1. The Morgan fingerprint density at radius 3 is 2.72 bits per heavy atom. The van der Waals surface area contributed by atoms with Crippen molar-refractivity contribution in [3.05, 3.63) is 63.0 Å². The molecule has 0 spiro atoms. The summed E-state index contributed by atoms with van der Waals surface area (Å²) in [6.07, 6.45) is 3.03. The fourth-order valence-corrected chi connectivity index (χ4v) is 4.07. The number of thiophene rings is 1. The average Bonchev–Trinajstić information content (AvgIpc) is 3.06. The van der Waals surface area contributed by atoms with Crippen molar-refractivity contribution in [2.45, 2.75) is 33.2 Å². The molecule has 3 aromatic rings. The minimum atomic E-state index is -0.463. The predicted octanol–water partition coefficient (Wildman–Crippen LogP) is 2.69. The second-order valence-corrected chi connectivity index (χ2v) is 7.57. The minimum absolute atomic E-state index is 0.114. The number of ether oxygens (including phenoxy) is 1.